The summed E-state index contributed by atoms with van der Waals surface area (Å²) in [4.78, 5) is 16.6. The van der Waals surface area contributed by atoms with Gasteiger partial charge in [-0.05, 0) is 30.9 Å². The number of carbonyl (C=O) groups excluding carboxylic acids is 1. The number of aromatic amines is 1. The van der Waals surface area contributed by atoms with Crippen molar-refractivity contribution >= 4 is 17.5 Å². The van der Waals surface area contributed by atoms with E-state index in [1.165, 1.54) is 6.20 Å². The van der Waals surface area contributed by atoms with Crippen LogP contribution in [0, 0.1) is 5.92 Å². The Bertz CT molecular complexity index is 640. The van der Waals surface area contributed by atoms with Gasteiger partial charge < -0.3 is 10.4 Å². The lowest BCUT2D eigenvalue weighted by molar-refractivity contribution is 0.0237. The van der Waals surface area contributed by atoms with Crippen LogP contribution in [0.1, 0.15) is 29.0 Å². The summed E-state index contributed by atoms with van der Waals surface area (Å²) in [6, 6.07) is 5.61. The Morgan fingerprint density at radius 1 is 1.50 bits per heavy atom. The number of nitrogens with one attached hydrogen (secondary N) is 2. The third-order valence-electron chi connectivity index (χ3n) is 4.01. The molecule has 0 saturated heterocycles. The van der Waals surface area contributed by atoms with Gasteiger partial charge in [-0.25, -0.2) is 0 Å². The first-order valence-corrected chi connectivity index (χ1v) is 7.59. The number of aromatic nitrogens is 3. The fourth-order valence-corrected chi connectivity index (χ4v) is 2.89. The van der Waals surface area contributed by atoms with E-state index in [0.717, 1.165) is 5.69 Å². The highest BCUT2D eigenvalue weighted by Gasteiger charge is 2.35. The minimum Gasteiger partial charge on any atom is -0.393 e. The van der Waals surface area contributed by atoms with Gasteiger partial charge in [-0.1, -0.05) is 17.7 Å². The summed E-state index contributed by atoms with van der Waals surface area (Å²) < 4.78 is 0. The van der Waals surface area contributed by atoms with E-state index >= 15 is 0 Å². The van der Waals surface area contributed by atoms with E-state index in [1.54, 1.807) is 6.20 Å². The summed E-state index contributed by atoms with van der Waals surface area (Å²) in [7, 11) is 0. The molecule has 2 aromatic heterocycles. The number of amides is 1. The molecule has 1 amide bonds. The molecule has 0 aromatic carbocycles. The molecule has 3 N–H and O–H groups in total. The summed E-state index contributed by atoms with van der Waals surface area (Å²) in [5, 5.41) is 19.2. The Balaban J connectivity index is 1.71. The maximum absolute atomic E-state index is 12.3. The van der Waals surface area contributed by atoms with Crippen molar-refractivity contribution in [2.75, 3.05) is 0 Å². The van der Waals surface area contributed by atoms with Crippen molar-refractivity contribution in [2.45, 2.75) is 31.4 Å². The van der Waals surface area contributed by atoms with Crippen molar-refractivity contribution < 1.29 is 9.90 Å². The maximum atomic E-state index is 12.3. The second-order valence-electron chi connectivity index (χ2n) is 5.58. The van der Waals surface area contributed by atoms with Gasteiger partial charge in [0, 0.05) is 24.4 Å². The third kappa shape index (κ3) is 3.28. The number of pyridine rings is 1. The molecule has 116 valence electrons. The fourth-order valence-electron chi connectivity index (χ4n) is 2.71. The van der Waals surface area contributed by atoms with E-state index in [1.807, 2.05) is 18.2 Å². The van der Waals surface area contributed by atoms with E-state index in [9.17, 15) is 9.90 Å². The van der Waals surface area contributed by atoms with Gasteiger partial charge in [-0.2, -0.15) is 5.10 Å². The zero-order valence-electron chi connectivity index (χ0n) is 11.9. The molecule has 0 spiro atoms. The van der Waals surface area contributed by atoms with Crippen LogP contribution >= 0.6 is 11.6 Å². The molecule has 1 unspecified atom stereocenters. The average Bonchev–Trinajstić information content (AvgIpc) is 2.91. The molecular weight excluding hydrogens is 304 g/mol. The molecule has 22 heavy (non-hydrogen) atoms. The van der Waals surface area contributed by atoms with Gasteiger partial charge in [-0.15, -0.1) is 0 Å². The Morgan fingerprint density at radius 3 is 2.91 bits per heavy atom. The van der Waals surface area contributed by atoms with Crippen LogP contribution in [-0.2, 0) is 6.42 Å². The molecule has 1 atom stereocenters. The number of halogens is 1. The highest BCUT2D eigenvalue weighted by molar-refractivity contribution is 6.33. The number of hydrogen-bond donors (Lipinski definition) is 3. The van der Waals surface area contributed by atoms with Crippen molar-refractivity contribution in [2.24, 2.45) is 5.92 Å². The van der Waals surface area contributed by atoms with Gasteiger partial charge in [0.2, 0.25) is 0 Å². The predicted molar refractivity (Wildman–Crippen MR) is 81.5 cm³/mol. The highest BCUT2D eigenvalue weighted by Crippen LogP contribution is 2.31. The van der Waals surface area contributed by atoms with Crippen molar-refractivity contribution in [1.29, 1.82) is 0 Å². The zero-order chi connectivity index (χ0) is 15.5. The first-order valence-electron chi connectivity index (χ1n) is 7.21. The molecule has 2 aromatic rings. The van der Waals surface area contributed by atoms with Crippen LogP contribution in [0.25, 0.3) is 0 Å². The largest absolute Gasteiger partial charge is 0.393 e. The summed E-state index contributed by atoms with van der Waals surface area (Å²) in [6.07, 6.45) is 4.86. The topological polar surface area (TPSA) is 90.9 Å². The predicted octanol–water partition coefficient (Wildman–Crippen LogP) is 1.57. The molecule has 0 aliphatic heterocycles. The number of aliphatic hydroxyl groups is 1. The lowest BCUT2D eigenvalue weighted by Crippen LogP contribution is -2.48. The molecule has 2 heterocycles. The standard InChI is InChI=1S/C15H17ClN4O2/c16-12-8-18-20-14(12)15(22)19-13(9-5-11(21)6-9)7-10-3-1-2-4-17-10/h1-4,8-9,11,13,21H,5-7H2,(H,18,20)(H,19,22). The number of H-pyrrole nitrogens is 1. The quantitative estimate of drug-likeness (QED) is 0.780. The van der Waals surface area contributed by atoms with Gasteiger partial charge in [0.05, 0.1) is 17.3 Å². The molecule has 3 rings (SSSR count). The van der Waals surface area contributed by atoms with Gasteiger partial charge >= 0.3 is 0 Å². The molecule has 7 heteroatoms. The van der Waals surface area contributed by atoms with Gasteiger partial charge in [0.15, 0.2) is 0 Å². The van der Waals surface area contributed by atoms with Crippen LogP contribution in [0.2, 0.25) is 5.02 Å². The first-order chi connectivity index (χ1) is 10.6. The molecule has 0 radical (unpaired) electrons. The zero-order valence-corrected chi connectivity index (χ0v) is 12.6. The van der Waals surface area contributed by atoms with Crippen LogP contribution in [0.5, 0.6) is 0 Å². The Labute approximate surface area is 132 Å². The van der Waals surface area contributed by atoms with E-state index in [2.05, 4.69) is 20.5 Å². The Morgan fingerprint density at radius 2 is 2.32 bits per heavy atom. The lowest BCUT2D eigenvalue weighted by Gasteiger charge is -2.38. The van der Waals surface area contributed by atoms with Gasteiger partial charge in [-0.3, -0.25) is 14.9 Å². The van der Waals surface area contributed by atoms with Crippen LogP contribution in [0.4, 0.5) is 0 Å². The van der Waals surface area contributed by atoms with Crippen LogP contribution in [0.3, 0.4) is 0 Å². The normalized spacial score (nSPS) is 21.9. The minimum absolute atomic E-state index is 0.0924. The molecule has 0 bridgehead atoms. The van der Waals surface area contributed by atoms with Crippen LogP contribution < -0.4 is 5.32 Å². The number of aliphatic hydroxyl groups excluding tert-OH is 1. The smallest absolute Gasteiger partial charge is 0.271 e. The molecule has 1 saturated carbocycles. The lowest BCUT2D eigenvalue weighted by atomic mass is 9.76. The van der Waals surface area contributed by atoms with Crippen LogP contribution in [0.15, 0.2) is 30.6 Å². The first kappa shape index (κ1) is 15.0. The summed E-state index contributed by atoms with van der Waals surface area (Å²) in [5.41, 5.74) is 1.16. The minimum atomic E-state index is -0.287. The third-order valence-corrected chi connectivity index (χ3v) is 4.30. The average molecular weight is 321 g/mol. The van der Waals surface area contributed by atoms with E-state index in [0.29, 0.717) is 24.3 Å². The van der Waals surface area contributed by atoms with Crippen molar-refractivity contribution in [3.63, 3.8) is 0 Å². The summed E-state index contributed by atoms with van der Waals surface area (Å²) in [6.45, 7) is 0. The number of hydrogen-bond acceptors (Lipinski definition) is 4. The number of carbonyl (C=O) groups is 1. The summed E-state index contributed by atoms with van der Waals surface area (Å²) in [5.74, 6) is -0.0486. The van der Waals surface area contributed by atoms with Crippen molar-refractivity contribution in [1.82, 2.24) is 20.5 Å². The number of nitrogens with zero attached hydrogens (tertiary/aromatic N) is 2. The van der Waals surface area contributed by atoms with E-state index < -0.39 is 0 Å². The van der Waals surface area contributed by atoms with Crippen LogP contribution in [-0.4, -0.2) is 38.3 Å². The molecular formula is C15H17ClN4O2. The fraction of sp³-hybridized carbons (Fsp3) is 0.400. The molecule has 1 aliphatic rings. The maximum Gasteiger partial charge on any atom is 0.271 e. The SMILES string of the molecule is O=C(NC(Cc1ccccn1)C1CC(O)C1)c1[nH]ncc1Cl. The molecule has 6 nitrogen and oxygen atoms in total. The van der Waals surface area contributed by atoms with E-state index in [4.69, 9.17) is 11.6 Å². The molecule has 1 fully saturated rings. The Kier molecular flexibility index (Phi) is 4.40. The Hall–Kier alpha value is -1.92. The number of rotatable bonds is 5. The highest BCUT2D eigenvalue weighted by atomic mass is 35.5. The van der Waals surface area contributed by atoms with Crippen molar-refractivity contribution in [3.8, 4) is 0 Å². The van der Waals surface area contributed by atoms with Crippen molar-refractivity contribution in [3.05, 3.63) is 47.0 Å². The van der Waals surface area contributed by atoms with E-state index in [-0.39, 0.29) is 29.7 Å². The van der Waals surface area contributed by atoms with Gasteiger partial charge in [0.1, 0.15) is 5.69 Å². The second-order valence-corrected chi connectivity index (χ2v) is 5.99. The summed E-state index contributed by atoms with van der Waals surface area (Å²) >= 11 is 5.92. The molecule has 1 aliphatic carbocycles. The van der Waals surface area contributed by atoms with Gasteiger partial charge in [0.25, 0.3) is 5.91 Å². The second kappa shape index (κ2) is 6.46. The monoisotopic (exact) mass is 320 g/mol.